The fourth-order valence-electron chi connectivity index (χ4n) is 3.06. The molecule has 3 rings (SSSR count). The van der Waals surface area contributed by atoms with Gasteiger partial charge in [0.2, 0.25) is 0 Å². The van der Waals surface area contributed by atoms with Crippen LogP contribution in [0.1, 0.15) is 30.4 Å². The van der Waals surface area contributed by atoms with Gasteiger partial charge in [0.1, 0.15) is 15.9 Å². The minimum absolute atomic E-state index is 0.0851. The topological polar surface area (TPSA) is 71.3 Å². The zero-order valence-electron chi connectivity index (χ0n) is 14.2. The van der Waals surface area contributed by atoms with Crippen LogP contribution in [-0.2, 0) is 23.6 Å². The van der Waals surface area contributed by atoms with Crippen molar-refractivity contribution in [2.24, 2.45) is 7.05 Å². The summed E-state index contributed by atoms with van der Waals surface area (Å²) in [6.45, 7) is 1.75. The third-order valence-electron chi connectivity index (χ3n) is 4.29. The first-order valence-electron chi connectivity index (χ1n) is 7.96. The van der Waals surface area contributed by atoms with Crippen molar-refractivity contribution in [2.45, 2.75) is 29.5 Å². The van der Waals surface area contributed by atoms with E-state index in [4.69, 9.17) is 0 Å². The molecule has 2 aromatic heterocycles. The highest BCUT2D eigenvalue weighted by molar-refractivity contribution is 7.91. The predicted octanol–water partition coefficient (Wildman–Crippen LogP) is 1.51. The molecule has 7 nitrogen and oxygen atoms in total. The summed E-state index contributed by atoms with van der Waals surface area (Å²) in [5.41, 5.74) is 0. The van der Waals surface area contributed by atoms with Gasteiger partial charge in [-0.25, -0.2) is 8.42 Å². The van der Waals surface area contributed by atoms with E-state index in [1.807, 2.05) is 30.6 Å². The number of nitrogens with zero attached hydrogens (tertiary/aromatic N) is 5. The van der Waals surface area contributed by atoms with E-state index < -0.39 is 10.0 Å². The van der Waals surface area contributed by atoms with Crippen LogP contribution in [-0.4, -0.2) is 59.6 Å². The monoisotopic (exact) mass is 369 g/mol. The van der Waals surface area contributed by atoms with Crippen LogP contribution in [0.5, 0.6) is 0 Å². The Labute approximate surface area is 147 Å². The summed E-state index contributed by atoms with van der Waals surface area (Å²) >= 11 is 1.27. The summed E-state index contributed by atoms with van der Waals surface area (Å²) in [6.07, 6.45) is 1.77. The third kappa shape index (κ3) is 3.39. The molecule has 3 heterocycles. The second-order valence-electron chi connectivity index (χ2n) is 6.41. The van der Waals surface area contributed by atoms with Crippen molar-refractivity contribution in [3.8, 4) is 0 Å². The Bertz CT molecular complexity index is 783. The molecule has 1 atom stereocenters. The molecule has 1 fully saturated rings. The molecule has 24 heavy (non-hydrogen) atoms. The van der Waals surface area contributed by atoms with E-state index in [1.165, 1.54) is 11.3 Å². The summed E-state index contributed by atoms with van der Waals surface area (Å²) in [5.74, 6) is 1.85. The Balaban J connectivity index is 1.80. The molecule has 132 valence electrons. The van der Waals surface area contributed by atoms with Crippen molar-refractivity contribution < 1.29 is 8.42 Å². The van der Waals surface area contributed by atoms with E-state index in [1.54, 1.807) is 21.8 Å². The van der Waals surface area contributed by atoms with E-state index >= 15 is 0 Å². The highest BCUT2D eigenvalue weighted by Gasteiger charge is 2.33. The zero-order valence-corrected chi connectivity index (χ0v) is 15.8. The maximum atomic E-state index is 12.7. The van der Waals surface area contributed by atoms with E-state index in [0.29, 0.717) is 23.8 Å². The van der Waals surface area contributed by atoms with E-state index in [9.17, 15) is 8.42 Å². The molecule has 0 N–H and O–H groups in total. The van der Waals surface area contributed by atoms with Gasteiger partial charge in [-0.3, -0.25) is 0 Å². The quantitative estimate of drug-likeness (QED) is 0.799. The van der Waals surface area contributed by atoms with Crippen LogP contribution in [0.15, 0.2) is 21.7 Å². The normalized spacial score (nSPS) is 19.9. The number of piperidine rings is 1. The number of thiophene rings is 1. The SMILES string of the molecule is CN(C)Cc1nnc(C2CCCN(S(=O)(=O)c3cccs3)C2)n1C. The van der Waals surface area contributed by atoms with Crippen LogP contribution in [0.4, 0.5) is 0 Å². The first kappa shape index (κ1) is 17.5. The summed E-state index contributed by atoms with van der Waals surface area (Å²) in [7, 11) is 2.54. The lowest BCUT2D eigenvalue weighted by Crippen LogP contribution is -2.39. The first-order valence-corrected chi connectivity index (χ1v) is 10.3. The molecule has 1 aliphatic rings. The van der Waals surface area contributed by atoms with Gasteiger partial charge in [-0.2, -0.15) is 4.31 Å². The molecular weight excluding hydrogens is 346 g/mol. The molecule has 1 aliphatic heterocycles. The van der Waals surface area contributed by atoms with Gasteiger partial charge in [-0.05, 0) is 38.4 Å². The Kier molecular flexibility index (Phi) is 5.05. The van der Waals surface area contributed by atoms with Gasteiger partial charge in [0.15, 0.2) is 0 Å². The van der Waals surface area contributed by atoms with Gasteiger partial charge in [0.25, 0.3) is 10.0 Å². The van der Waals surface area contributed by atoms with Crippen LogP contribution in [0, 0.1) is 0 Å². The van der Waals surface area contributed by atoms with Crippen molar-refractivity contribution >= 4 is 21.4 Å². The summed E-state index contributed by atoms with van der Waals surface area (Å²) in [6, 6.07) is 3.44. The lowest BCUT2D eigenvalue weighted by atomic mass is 9.99. The fraction of sp³-hybridized carbons (Fsp3) is 0.600. The minimum atomic E-state index is -3.40. The van der Waals surface area contributed by atoms with Gasteiger partial charge >= 0.3 is 0 Å². The molecule has 9 heteroatoms. The standard InChI is InChI=1S/C15H23N5O2S2/c1-18(2)11-13-16-17-15(19(13)3)12-6-4-8-20(10-12)24(21,22)14-7-5-9-23-14/h5,7,9,12H,4,6,8,10-11H2,1-3H3. The summed E-state index contributed by atoms with van der Waals surface area (Å²) in [5, 5.41) is 10.4. The molecule has 1 unspecified atom stereocenters. The lowest BCUT2D eigenvalue weighted by molar-refractivity contribution is 0.305. The number of rotatable bonds is 5. The van der Waals surface area contributed by atoms with Crippen molar-refractivity contribution in [3.63, 3.8) is 0 Å². The van der Waals surface area contributed by atoms with E-state index in [0.717, 1.165) is 24.5 Å². The number of sulfonamides is 1. The summed E-state index contributed by atoms with van der Waals surface area (Å²) in [4.78, 5) is 2.04. The molecule has 2 aromatic rings. The van der Waals surface area contributed by atoms with Crippen molar-refractivity contribution in [1.29, 1.82) is 0 Å². The fourth-order valence-corrected chi connectivity index (χ4v) is 5.73. The average Bonchev–Trinajstić information content (AvgIpc) is 3.19. The van der Waals surface area contributed by atoms with Crippen LogP contribution >= 0.6 is 11.3 Å². The van der Waals surface area contributed by atoms with E-state index in [-0.39, 0.29) is 5.92 Å². The Morgan fingerprint density at radius 1 is 1.38 bits per heavy atom. The molecule has 0 saturated carbocycles. The van der Waals surface area contributed by atoms with Crippen molar-refractivity contribution in [1.82, 2.24) is 24.0 Å². The van der Waals surface area contributed by atoms with Crippen molar-refractivity contribution in [2.75, 3.05) is 27.2 Å². The van der Waals surface area contributed by atoms with Gasteiger partial charge in [0.05, 0.1) is 6.54 Å². The zero-order chi connectivity index (χ0) is 17.3. The summed E-state index contributed by atoms with van der Waals surface area (Å²) < 4.78 is 29.5. The Morgan fingerprint density at radius 2 is 2.17 bits per heavy atom. The van der Waals surface area contributed by atoms with Gasteiger partial charge in [-0.1, -0.05) is 6.07 Å². The second-order valence-corrected chi connectivity index (χ2v) is 9.52. The molecule has 0 bridgehead atoms. The highest BCUT2D eigenvalue weighted by atomic mass is 32.2. The molecule has 0 aliphatic carbocycles. The van der Waals surface area contributed by atoms with Gasteiger partial charge in [-0.15, -0.1) is 21.5 Å². The predicted molar refractivity (Wildman–Crippen MR) is 93.4 cm³/mol. The molecule has 0 aromatic carbocycles. The van der Waals surface area contributed by atoms with Crippen LogP contribution in [0.3, 0.4) is 0 Å². The molecule has 0 amide bonds. The number of hydrogen-bond donors (Lipinski definition) is 0. The van der Waals surface area contributed by atoms with Crippen LogP contribution in [0.25, 0.3) is 0 Å². The van der Waals surface area contributed by atoms with Crippen LogP contribution < -0.4 is 0 Å². The maximum absolute atomic E-state index is 12.7. The molecule has 1 saturated heterocycles. The second kappa shape index (κ2) is 6.91. The van der Waals surface area contributed by atoms with Crippen LogP contribution in [0.2, 0.25) is 0 Å². The minimum Gasteiger partial charge on any atom is -0.317 e. The van der Waals surface area contributed by atoms with Crippen molar-refractivity contribution in [3.05, 3.63) is 29.2 Å². The number of aromatic nitrogens is 3. The lowest BCUT2D eigenvalue weighted by Gasteiger charge is -2.31. The first-order chi connectivity index (χ1) is 11.4. The largest absolute Gasteiger partial charge is 0.317 e. The highest BCUT2D eigenvalue weighted by Crippen LogP contribution is 2.30. The molecule has 0 radical (unpaired) electrons. The van der Waals surface area contributed by atoms with E-state index in [2.05, 4.69) is 10.2 Å². The molecular formula is C15H23N5O2S2. The third-order valence-corrected chi connectivity index (χ3v) is 7.53. The maximum Gasteiger partial charge on any atom is 0.252 e. The van der Waals surface area contributed by atoms with Gasteiger partial charge in [0, 0.05) is 26.1 Å². The Hall–Kier alpha value is -1.29. The van der Waals surface area contributed by atoms with Gasteiger partial charge < -0.3 is 9.47 Å². The average molecular weight is 370 g/mol. The Morgan fingerprint density at radius 3 is 2.83 bits per heavy atom. The number of hydrogen-bond acceptors (Lipinski definition) is 6. The molecule has 0 spiro atoms. The smallest absolute Gasteiger partial charge is 0.252 e.